The number of aliphatic carboxylic acids is 1. The molecule has 146 valence electrons. The first-order chi connectivity index (χ1) is 13.5. The van der Waals surface area contributed by atoms with Gasteiger partial charge in [-0.3, -0.25) is 9.59 Å². The van der Waals surface area contributed by atoms with Gasteiger partial charge in [0.05, 0.1) is 24.1 Å². The van der Waals surface area contributed by atoms with Gasteiger partial charge in [-0.1, -0.05) is 48.9 Å². The molecule has 0 radical (unpaired) electrons. The Bertz CT molecular complexity index is 984. The number of halogens is 1. The first kappa shape index (κ1) is 20.2. The summed E-state index contributed by atoms with van der Waals surface area (Å²) in [5, 5.41) is 13.3. The Morgan fingerprint density at radius 3 is 2.54 bits per heavy atom. The first-order valence-corrected chi connectivity index (χ1v) is 10.1. The van der Waals surface area contributed by atoms with Crippen molar-refractivity contribution in [1.82, 2.24) is 5.32 Å². The third-order valence-electron chi connectivity index (χ3n) is 4.18. The molecule has 0 saturated carbocycles. The van der Waals surface area contributed by atoms with E-state index in [9.17, 15) is 14.7 Å². The summed E-state index contributed by atoms with van der Waals surface area (Å²) in [6.45, 7) is 2.63. The number of carboxylic acids is 1. The molecule has 2 N–H and O–H groups in total. The summed E-state index contributed by atoms with van der Waals surface area (Å²) in [6.07, 6.45) is 0.665. The van der Waals surface area contributed by atoms with Gasteiger partial charge < -0.3 is 15.2 Å². The molecule has 7 heteroatoms. The van der Waals surface area contributed by atoms with Gasteiger partial charge in [-0.25, -0.2) is 0 Å². The van der Waals surface area contributed by atoms with Crippen LogP contribution in [0, 0.1) is 0 Å². The molecule has 1 amide bonds. The molecule has 1 aromatic heterocycles. The average Bonchev–Trinajstić information content (AvgIpc) is 3.03. The Morgan fingerprint density at radius 1 is 1.18 bits per heavy atom. The molecule has 0 spiro atoms. The molecule has 0 aliphatic rings. The van der Waals surface area contributed by atoms with E-state index in [1.54, 1.807) is 24.3 Å². The van der Waals surface area contributed by atoms with E-state index in [2.05, 4.69) is 5.32 Å². The molecule has 1 heterocycles. The highest BCUT2D eigenvalue weighted by Gasteiger charge is 2.23. The average molecular weight is 418 g/mol. The van der Waals surface area contributed by atoms with Gasteiger partial charge >= 0.3 is 5.97 Å². The van der Waals surface area contributed by atoms with Gasteiger partial charge in [-0.05, 0) is 30.2 Å². The molecule has 0 aliphatic heterocycles. The quantitative estimate of drug-likeness (QED) is 0.522. The van der Waals surface area contributed by atoms with Crippen molar-refractivity contribution in [3.8, 4) is 5.75 Å². The number of nitrogens with one attached hydrogen (secondary N) is 1. The minimum atomic E-state index is -1.00. The first-order valence-electron chi connectivity index (χ1n) is 8.92. The Hall–Kier alpha value is -2.57. The summed E-state index contributed by atoms with van der Waals surface area (Å²) in [5.74, 6) is -0.679. The third-order valence-corrected chi connectivity index (χ3v) is 5.85. The van der Waals surface area contributed by atoms with Crippen LogP contribution in [0.3, 0.4) is 0 Å². The molecular weight excluding hydrogens is 398 g/mol. The van der Waals surface area contributed by atoms with Gasteiger partial charge in [0.25, 0.3) is 5.91 Å². The SMILES string of the molecule is CCCOc1ccc(C(CC(=O)O)NC(=O)c2sc3ccccc3c2Cl)cc1. The number of rotatable bonds is 8. The van der Waals surface area contributed by atoms with Gasteiger partial charge in [-0.15, -0.1) is 11.3 Å². The molecule has 0 saturated heterocycles. The van der Waals surface area contributed by atoms with E-state index in [4.69, 9.17) is 16.3 Å². The van der Waals surface area contributed by atoms with E-state index in [0.717, 1.165) is 16.5 Å². The van der Waals surface area contributed by atoms with E-state index >= 15 is 0 Å². The lowest BCUT2D eigenvalue weighted by molar-refractivity contribution is -0.137. The molecule has 3 rings (SSSR count). The number of fused-ring (bicyclic) bond motifs is 1. The van der Waals surface area contributed by atoms with Crippen LogP contribution in [0.5, 0.6) is 5.75 Å². The van der Waals surface area contributed by atoms with Crippen molar-refractivity contribution >= 4 is 44.9 Å². The lowest BCUT2D eigenvalue weighted by Gasteiger charge is -2.17. The van der Waals surface area contributed by atoms with Gasteiger partial charge in [0.2, 0.25) is 0 Å². The van der Waals surface area contributed by atoms with Crippen LogP contribution in [0.25, 0.3) is 10.1 Å². The largest absolute Gasteiger partial charge is 0.494 e. The Kier molecular flexibility index (Phi) is 6.54. The summed E-state index contributed by atoms with van der Waals surface area (Å²) in [5.41, 5.74) is 0.692. The number of carboxylic acid groups (broad SMARTS) is 1. The maximum Gasteiger partial charge on any atom is 0.305 e. The maximum atomic E-state index is 12.8. The van der Waals surface area contributed by atoms with Crippen molar-refractivity contribution < 1.29 is 19.4 Å². The molecule has 3 aromatic rings. The fourth-order valence-electron chi connectivity index (χ4n) is 2.83. The zero-order valence-electron chi connectivity index (χ0n) is 15.3. The van der Waals surface area contributed by atoms with E-state index < -0.39 is 12.0 Å². The molecule has 0 aliphatic carbocycles. The van der Waals surface area contributed by atoms with Crippen molar-refractivity contribution in [3.05, 3.63) is 64.0 Å². The normalized spacial score (nSPS) is 11.9. The van der Waals surface area contributed by atoms with E-state index in [1.807, 2.05) is 31.2 Å². The molecule has 0 bridgehead atoms. The molecular formula is C21H20ClNO4S. The highest BCUT2D eigenvalue weighted by atomic mass is 35.5. The van der Waals surface area contributed by atoms with Gasteiger partial charge in [0.15, 0.2) is 0 Å². The Balaban J connectivity index is 1.82. The highest BCUT2D eigenvalue weighted by Crippen LogP contribution is 2.35. The van der Waals surface area contributed by atoms with Crippen LogP contribution in [-0.2, 0) is 4.79 Å². The number of hydrogen-bond acceptors (Lipinski definition) is 4. The second-order valence-corrected chi connectivity index (χ2v) is 7.71. The van der Waals surface area contributed by atoms with Crippen LogP contribution in [-0.4, -0.2) is 23.6 Å². The van der Waals surface area contributed by atoms with Crippen LogP contribution in [0.15, 0.2) is 48.5 Å². The predicted molar refractivity (Wildman–Crippen MR) is 112 cm³/mol. The van der Waals surface area contributed by atoms with Crippen molar-refractivity contribution in [3.63, 3.8) is 0 Å². The predicted octanol–water partition coefficient (Wildman–Crippen LogP) is 5.29. The zero-order chi connectivity index (χ0) is 20.1. The summed E-state index contributed by atoms with van der Waals surface area (Å²) in [6, 6.07) is 13.9. The number of ether oxygens (including phenoxy) is 1. The Labute approximate surface area is 171 Å². The third kappa shape index (κ3) is 4.64. The topological polar surface area (TPSA) is 75.6 Å². The second kappa shape index (κ2) is 9.08. The van der Waals surface area contributed by atoms with Gasteiger partial charge in [0.1, 0.15) is 10.6 Å². The van der Waals surface area contributed by atoms with Crippen molar-refractivity contribution in [2.45, 2.75) is 25.8 Å². The fourth-order valence-corrected chi connectivity index (χ4v) is 4.25. The lowest BCUT2D eigenvalue weighted by Crippen LogP contribution is -2.29. The molecule has 0 fully saturated rings. The fraction of sp³-hybridized carbons (Fsp3) is 0.238. The van der Waals surface area contributed by atoms with Gasteiger partial charge in [0, 0.05) is 10.1 Å². The number of amides is 1. The number of carbonyl (C=O) groups excluding carboxylic acids is 1. The molecule has 2 aromatic carbocycles. The molecule has 5 nitrogen and oxygen atoms in total. The van der Waals surface area contributed by atoms with Crippen molar-refractivity contribution in [2.24, 2.45) is 0 Å². The number of carbonyl (C=O) groups is 2. The summed E-state index contributed by atoms with van der Waals surface area (Å²) in [7, 11) is 0. The lowest BCUT2D eigenvalue weighted by atomic mass is 10.0. The zero-order valence-corrected chi connectivity index (χ0v) is 16.8. The van der Waals surface area contributed by atoms with Crippen LogP contribution >= 0.6 is 22.9 Å². The maximum absolute atomic E-state index is 12.8. The second-order valence-electron chi connectivity index (χ2n) is 6.28. The molecule has 1 atom stereocenters. The van der Waals surface area contributed by atoms with Gasteiger partial charge in [-0.2, -0.15) is 0 Å². The standard InChI is InChI=1S/C21H20ClNO4S/c1-2-11-27-14-9-7-13(8-10-14)16(12-18(24)25)23-21(26)20-19(22)15-5-3-4-6-17(15)28-20/h3-10,16H,2,11-12H2,1H3,(H,23,26)(H,24,25). The Morgan fingerprint density at radius 2 is 1.89 bits per heavy atom. The molecule has 1 unspecified atom stereocenters. The minimum Gasteiger partial charge on any atom is -0.494 e. The van der Waals surface area contributed by atoms with Crippen LogP contribution in [0.4, 0.5) is 0 Å². The summed E-state index contributed by atoms with van der Waals surface area (Å²) >= 11 is 7.66. The monoisotopic (exact) mass is 417 g/mol. The van der Waals surface area contributed by atoms with Crippen LogP contribution in [0.1, 0.15) is 41.0 Å². The van der Waals surface area contributed by atoms with E-state index in [1.165, 1.54) is 11.3 Å². The summed E-state index contributed by atoms with van der Waals surface area (Å²) < 4.78 is 6.46. The van der Waals surface area contributed by atoms with Crippen LogP contribution < -0.4 is 10.1 Å². The number of benzene rings is 2. The van der Waals surface area contributed by atoms with E-state index in [-0.39, 0.29) is 12.3 Å². The van der Waals surface area contributed by atoms with Crippen LogP contribution in [0.2, 0.25) is 5.02 Å². The number of thiophene rings is 1. The number of hydrogen-bond donors (Lipinski definition) is 2. The van der Waals surface area contributed by atoms with Crippen molar-refractivity contribution in [2.75, 3.05) is 6.61 Å². The van der Waals surface area contributed by atoms with E-state index in [0.29, 0.717) is 27.8 Å². The smallest absolute Gasteiger partial charge is 0.305 e. The molecule has 28 heavy (non-hydrogen) atoms. The minimum absolute atomic E-state index is 0.233. The highest BCUT2D eigenvalue weighted by molar-refractivity contribution is 7.21. The summed E-state index contributed by atoms with van der Waals surface area (Å²) in [4.78, 5) is 24.5. The van der Waals surface area contributed by atoms with Crippen molar-refractivity contribution in [1.29, 1.82) is 0 Å².